The second kappa shape index (κ2) is 6.30. The molecule has 0 saturated heterocycles. The van der Waals surface area contributed by atoms with Crippen LogP contribution in [0.5, 0.6) is 0 Å². The normalized spacial score (nSPS) is 12.0. The quantitative estimate of drug-likeness (QED) is 0.500. The van der Waals surface area contributed by atoms with Gasteiger partial charge < -0.3 is 0 Å². The van der Waals surface area contributed by atoms with E-state index >= 15 is 0 Å². The number of hydrogen-bond donors (Lipinski definition) is 0. The van der Waals surface area contributed by atoms with E-state index in [2.05, 4.69) is 10.2 Å². The molecule has 0 bridgehead atoms. The molecule has 3 rings (SSSR count). The van der Waals surface area contributed by atoms with Gasteiger partial charge in [0.05, 0.1) is 11.7 Å². The van der Waals surface area contributed by atoms with E-state index in [0.717, 1.165) is 6.20 Å². The van der Waals surface area contributed by atoms with E-state index in [9.17, 15) is 22.4 Å². The van der Waals surface area contributed by atoms with E-state index in [-0.39, 0.29) is 17.0 Å². The summed E-state index contributed by atoms with van der Waals surface area (Å²) in [6, 6.07) is 4.44. The van der Waals surface area contributed by atoms with Gasteiger partial charge in [0.15, 0.2) is 5.78 Å². The molecule has 3 aromatic rings. The molecule has 0 amide bonds. The van der Waals surface area contributed by atoms with Crippen LogP contribution in [0.1, 0.15) is 37.4 Å². The first-order valence-corrected chi connectivity index (χ1v) is 7.47. The number of benzene rings is 1. The number of nitrogens with zero attached hydrogens (tertiary/aromatic N) is 4. The van der Waals surface area contributed by atoms with Gasteiger partial charge in [0.2, 0.25) is 0 Å². The second-order valence-electron chi connectivity index (χ2n) is 5.81. The van der Waals surface area contributed by atoms with Gasteiger partial charge in [0.1, 0.15) is 5.69 Å². The average molecular weight is 354 g/mol. The summed E-state index contributed by atoms with van der Waals surface area (Å²) in [5.74, 6) is -0.740. The first-order chi connectivity index (χ1) is 11.8. The van der Waals surface area contributed by atoms with Crippen LogP contribution in [0.4, 0.5) is 17.6 Å². The standard InChI is InChI=1S/C16H14F4N4O/c1-8(2)14(25)13-11-4-3-9(5-12(11)24(22-13)16(19)20)10-6-21-23(7-10)15(17)18/h3-8,15-16H,1-2H3. The van der Waals surface area contributed by atoms with Crippen LogP contribution in [0.3, 0.4) is 0 Å². The van der Waals surface area contributed by atoms with Crippen molar-refractivity contribution in [2.24, 2.45) is 5.92 Å². The number of hydrogen-bond acceptors (Lipinski definition) is 3. The Morgan fingerprint density at radius 1 is 1.08 bits per heavy atom. The molecule has 0 radical (unpaired) electrons. The zero-order valence-corrected chi connectivity index (χ0v) is 13.3. The van der Waals surface area contributed by atoms with Crippen LogP contribution in [0.2, 0.25) is 0 Å². The van der Waals surface area contributed by atoms with E-state index in [4.69, 9.17) is 0 Å². The third-order valence-corrected chi connectivity index (χ3v) is 3.78. The van der Waals surface area contributed by atoms with Gasteiger partial charge in [-0.05, 0) is 17.7 Å². The summed E-state index contributed by atoms with van der Waals surface area (Å²) in [6.45, 7) is -2.42. The van der Waals surface area contributed by atoms with E-state index in [1.54, 1.807) is 19.9 Å². The largest absolute Gasteiger partial charge is 0.333 e. The lowest BCUT2D eigenvalue weighted by Gasteiger charge is -2.03. The molecule has 0 unspecified atom stereocenters. The summed E-state index contributed by atoms with van der Waals surface area (Å²) in [7, 11) is 0. The molecule has 2 heterocycles. The van der Waals surface area contributed by atoms with Crippen LogP contribution in [-0.4, -0.2) is 25.3 Å². The molecule has 5 nitrogen and oxygen atoms in total. The predicted molar refractivity (Wildman–Crippen MR) is 82.6 cm³/mol. The predicted octanol–water partition coefficient (Wildman–Crippen LogP) is 4.53. The van der Waals surface area contributed by atoms with Crippen LogP contribution in [0.15, 0.2) is 30.6 Å². The van der Waals surface area contributed by atoms with Crippen molar-refractivity contribution in [3.05, 3.63) is 36.3 Å². The maximum absolute atomic E-state index is 13.3. The van der Waals surface area contributed by atoms with Gasteiger partial charge >= 0.3 is 13.1 Å². The summed E-state index contributed by atoms with van der Waals surface area (Å²) in [5, 5.41) is 7.58. The molecule has 1 aromatic carbocycles. The van der Waals surface area contributed by atoms with E-state index in [1.165, 1.54) is 18.3 Å². The van der Waals surface area contributed by atoms with Crippen molar-refractivity contribution in [2.45, 2.75) is 26.9 Å². The van der Waals surface area contributed by atoms with Crippen molar-refractivity contribution in [3.8, 4) is 11.1 Å². The highest BCUT2D eigenvalue weighted by molar-refractivity contribution is 6.07. The van der Waals surface area contributed by atoms with Crippen molar-refractivity contribution in [1.82, 2.24) is 19.6 Å². The van der Waals surface area contributed by atoms with Gasteiger partial charge in [-0.1, -0.05) is 19.9 Å². The Morgan fingerprint density at radius 3 is 2.36 bits per heavy atom. The minimum atomic E-state index is -2.93. The highest BCUT2D eigenvalue weighted by Gasteiger charge is 2.23. The maximum atomic E-state index is 13.3. The molecular weight excluding hydrogens is 340 g/mol. The topological polar surface area (TPSA) is 52.7 Å². The Bertz CT molecular complexity index is 930. The Labute approximate surface area is 139 Å². The number of Topliss-reactive ketones (excluding diaryl/α,β-unsaturated/α-hetero) is 1. The lowest BCUT2D eigenvalue weighted by Crippen LogP contribution is -2.10. The summed E-state index contributed by atoms with van der Waals surface area (Å²) in [4.78, 5) is 12.2. The molecule has 0 aliphatic carbocycles. The minimum Gasteiger partial charge on any atom is -0.292 e. The second-order valence-corrected chi connectivity index (χ2v) is 5.81. The van der Waals surface area contributed by atoms with Gasteiger partial charge in [0, 0.05) is 23.1 Å². The molecule has 0 aliphatic rings. The smallest absolute Gasteiger partial charge is 0.292 e. The molecule has 2 aromatic heterocycles. The van der Waals surface area contributed by atoms with Crippen LogP contribution in [-0.2, 0) is 0 Å². The monoisotopic (exact) mass is 354 g/mol. The number of halogens is 4. The number of aromatic nitrogens is 4. The first kappa shape index (κ1) is 17.1. The number of ketones is 1. The molecule has 0 spiro atoms. The van der Waals surface area contributed by atoms with Crippen LogP contribution in [0, 0.1) is 5.92 Å². The zero-order chi connectivity index (χ0) is 18.3. The lowest BCUT2D eigenvalue weighted by molar-refractivity contribution is 0.0566. The summed E-state index contributed by atoms with van der Waals surface area (Å²) in [5.41, 5.74) is 0.798. The van der Waals surface area contributed by atoms with Gasteiger partial charge in [0.25, 0.3) is 0 Å². The number of rotatable bonds is 5. The molecule has 9 heteroatoms. The summed E-state index contributed by atoms with van der Waals surface area (Å²) in [6.07, 6.45) is 2.34. The third-order valence-electron chi connectivity index (χ3n) is 3.78. The molecule has 132 valence electrons. The average Bonchev–Trinajstić information content (AvgIpc) is 3.18. The minimum absolute atomic E-state index is 0.0277. The fraction of sp³-hybridized carbons (Fsp3) is 0.312. The molecule has 0 saturated carbocycles. The van der Waals surface area contributed by atoms with Crippen molar-refractivity contribution in [2.75, 3.05) is 0 Å². The van der Waals surface area contributed by atoms with E-state index in [1.807, 2.05) is 0 Å². The van der Waals surface area contributed by atoms with Gasteiger partial charge in [-0.25, -0.2) is 9.36 Å². The van der Waals surface area contributed by atoms with E-state index < -0.39 is 19.0 Å². The van der Waals surface area contributed by atoms with Crippen LogP contribution < -0.4 is 0 Å². The molecule has 0 fully saturated rings. The Kier molecular flexibility index (Phi) is 4.32. The highest BCUT2D eigenvalue weighted by Crippen LogP contribution is 2.30. The number of carbonyl (C=O) groups is 1. The Balaban J connectivity index is 2.15. The first-order valence-electron chi connectivity index (χ1n) is 7.47. The van der Waals surface area contributed by atoms with Crippen molar-refractivity contribution >= 4 is 16.7 Å². The Hall–Kier alpha value is -2.71. The molecular formula is C16H14F4N4O. The lowest BCUT2D eigenvalue weighted by atomic mass is 10.0. The number of fused-ring (bicyclic) bond motifs is 1. The fourth-order valence-electron chi connectivity index (χ4n) is 2.51. The summed E-state index contributed by atoms with van der Waals surface area (Å²) < 4.78 is 52.8. The van der Waals surface area contributed by atoms with Gasteiger partial charge in [-0.3, -0.25) is 4.79 Å². The number of alkyl halides is 4. The third kappa shape index (κ3) is 3.01. The fourth-order valence-corrected chi connectivity index (χ4v) is 2.51. The molecule has 0 aliphatic heterocycles. The molecule has 0 atom stereocenters. The van der Waals surface area contributed by atoms with Crippen molar-refractivity contribution < 1.29 is 22.4 Å². The zero-order valence-electron chi connectivity index (χ0n) is 13.3. The molecule has 25 heavy (non-hydrogen) atoms. The van der Waals surface area contributed by atoms with Crippen LogP contribution in [0.25, 0.3) is 22.0 Å². The Morgan fingerprint density at radius 2 is 1.80 bits per heavy atom. The maximum Gasteiger partial charge on any atom is 0.333 e. The van der Waals surface area contributed by atoms with Gasteiger partial charge in [-0.2, -0.15) is 27.8 Å². The SMILES string of the molecule is CC(C)C(=O)c1nn(C(F)F)c2cc(-c3cnn(C(F)F)c3)ccc12. The summed E-state index contributed by atoms with van der Waals surface area (Å²) >= 11 is 0. The molecule has 0 N–H and O–H groups in total. The highest BCUT2D eigenvalue weighted by atomic mass is 19.3. The number of carbonyl (C=O) groups excluding carboxylic acids is 1. The van der Waals surface area contributed by atoms with Crippen molar-refractivity contribution in [1.29, 1.82) is 0 Å². The van der Waals surface area contributed by atoms with Crippen LogP contribution >= 0.6 is 0 Å². The van der Waals surface area contributed by atoms with Crippen molar-refractivity contribution in [3.63, 3.8) is 0 Å². The van der Waals surface area contributed by atoms with Gasteiger partial charge in [-0.15, -0.1) is 0 Å². The van der Waals surface area contributed by atoms with E-state index in [0.29, 0.717) is 25.9 Å².